The fourth-order valence-corrected chi connectivity index (χ4v) is 2.21. The number of phenols is 1. The van der Waals surface area contributed by atoms with Crippen molar-refractivity contribution < 1.29 is 28.9 Å². The van der Waals surface area contributed by atoms with Crippen molar-refractivity contribution in [2.45, 2.75) is 6.04 Å². The van der Waals surface area contributed by atoms with E-state index in [1.807, 2.05) is 0 Å². The highest BCUT2D eigenvalue weighted by Gasteiger charge is 2.39. The van der Waals surface area contributed by atoms with Gasteiger partial charge in [-0.2, -0.15) is 0 Å². The van der Waals surface area contributed by atoms with Crippen LogP contribution in [0.4, 0.5) is 4.39 Å². The summed E-state index contributed by atoms with van der Waals surface area (Å²) in [6, 6.07) is 2.84. The van der Waals surface area contributed by atoms with Gasteiger partial charge in [0.2, 0.25) is 0 Å². The van der Waals surface area contributed by atoms with Gasteiger partial charge in [0.25, 0.3) is 5.91 Å². The molecule has 6 nitrogen and oxygen atoms in total. The second kappa shape index (κ2) is 5.46. The number of carboxylic acid groups (broad SMARTS) is 1. The number of nitrogens with zero attached hydrogens (tertiary/aromatic N) is 1. The van der Waals surface area contributed by atoms with E-state index >= 15 is 0 Å². The zero-order chi connectivity index (χ0) is 14.9. The highest BCUT2D eigenvalue weighted by Crippen LogP contribution is 2.25. The molecule has 1 aromatic rings. The minimum absolute atomic E-state index is 0.000867. The van der Waals surface area contributed by atoms with Crippen LogP contribution in [-0.4, -0.2) is 53.3 Å². The van der Waals surface area contributed by atoms with E-state index in [4.69, 9.17) is 9.84 Å². The van der Waals surface area contributed by atoms with E-state index in [1.165, 1.54) is 19.2 Å². The van der Waals surface area contributed by atoms with Crippen molar-refractivity contribution in [3.8, 4) is 5.75 Å². The summed E-state index contributed by atoms with van der Waals surface area (Å²) in [7, 11) is 1.36. The monoisotopic (exact) mass is 283 g/mol. The average Bonchev–Trinajstić information content (AvgIpc) is 2.86. The summed E-state index contributed by atoms with van der Waals surface area (Å²) in [5.41, 5.74) is -0.467. The predicted octanol–water partition coefficient (Wildman–Crippen LogP) is 0.703. The van der Waals surface area contributed by atoms with Crippen LogP contribution in [0.2, 0.25) is 0 Å². The molecule has 0 aromatic heterocycles. The highest BCUT2D eigenvalue weighted by molar-refractivity contribution is 5.97. The fourth-order valence-electron chi connectivity index (χ4n) is 2.21. The third kappa shape index (κ3) is 2.44. The molecule has 1 heterocycles. The first kappa shape index (κ1) is 14.3. The van der Waals surface area contributed by atoms with Gasteiger partial charge in [0.1, 0.15) is 23.0 Å². The van der Waals surface area contributed by atoms with E-state index in [0.717, 1.165) is 11.0 Å². The van der Waals surface area contributed by atoms with Crippen LogP contribution in [0.3, 0.4) is 0 Å². The minimum Gasteiger partial charge on any atom is -0.507 e. The Labute approximate surface area is 114 Å². The fraction of sp³-hybridized carbons (Fsp3) is 0.385. The molecule has 1 aromatic carbocycles. The molecule has 2 N–H and O–H groups in total. The topological polar surface area (TPSA) is 87.1 Å². The summed E-state index contributed by atoms with van der Waals surface area (Å²) in [6.07, 6.45) is 0. The Morgan fingerprint density at radius 3 is 2.70 bits per heavy atom. The molecule has 7 heteroatoms. The van der Waals surface area contributed by atoms with Gasteiger partial charge in [0.15, 0.2) is 0 Å². The van der Waals surface area contributed by atoms with Gasteiger partial charge in [-0.25, -0.2) is 4.39 Å². The number of rotatable bonds is 3. The summed E-state index contributed by atoms with van der Waals surface area (Å²) < 4.78 is 18.7. The van der Waals surface area contributed by atoms with Crippen molar-refractivity contribution in [2.24, 2.45) is 5.92 Å². The molecule has 2 unspecified atom stereocenters. The van der Waals surface area contributed by atoms with Gasteiger partial charge in [-0.1, -0.05) is 6.07 Å². The third-order valence-electron chi connectivity index (χ3n) is 3.39. The maximum absolute atomic E-state index is 13.6. The summed E-state index contributed by atoms with van der Waals surface area (Å²) in [4.78, 5) is 24.4. The SMILES string of the molecule is CN(C(=O)c1c(O)cccc1F)C1COCC1C(=O)O. The number of benzene rings is 1. The van der Waals surface area contributed by atoms with Gasteiger partial charge in [-0.3, -0.25) is 9.59 Å². The summed E-state index contributed by atoms with van der Waals surface area (Å²) in [5.74, 6) is -4.05. The quantitative estimate of drug-likeness (QED) is 0.852. The molecule has 1 aliphatic rings. The third-order valence-corrected chi connectivity index (χ3v) is 3.39. The van der Waals surface area contributed by atoms with Crippen molar-refractivity contribution in [3.05, 3.63) is 29.6 Å². The maximum Gasteiger partial charge on any atom is 0.311 e. The van der Waals surface area contributed by atoms with Crippen LogP contribution in [0.5, 0.6) is 5.75 Å². The molecule has 1 fully saturated rings. The van der Waals surface area contributed by atoms with E-state index in [2.05, 4.69) is 0 Å². The number of hydrogen-bond acceptors (Lipinski definition) is 4. The Morgan fingerprint density at radius 2 is 2.10 bits per heavy atom. The van der Waals surface area contributed by atoms with Crippen LogP contribution in [0.15, 0.2) is 18.2 Å². The van der Waals surface area contributed by atoms with Crippen LogP contribution in [0.25, 0.3) is 0 Å². The van der Waals surface area contributed by atoms with E-state index in [-0.39, 0.29) is 13.2 Å². The van der Waals surface area contributed by atoms with Crippen LogP contribution < -0.4 is 0 Å². The van der Waals surface area contributed by atoms with Crippen molar-refractivity contribution in [1.29, 1.82) is 0 Å². The molecule has 20 heavy (non-hydrogen) atoms. The Hall–Kier alpha value is -2.15. The van der Waals surface area contributed by atoms with Crippen LogP contribution in [0, 0.1) is 11.7 Å². The van der Waals surface area contributed by atoms with E-state index in [9.17, 15) is 19.1 Å². The number of aromatic hydroxyl groups is 1. The van der Waals surface area contributed by atoms with Gasteiger partial charge >= 0.3 is 5.97 Å². The predicted molar refractivity (Wildman–Crippen MR) is 65.9 cm³/mol. The number of amides is 1. The minimum atomic E-state index is -1.08. The van der Waals surface area contributed by atoms with Gasteiger partial charge in [-0.15, -0.1) is 0 Å². The molecule has 1 amide bonds. The van der Waals surface area contributed by atoms with E-state index in [0.29, 0.717) is 0 Å². The molecule has 1 saturated heterocycles. The van der Waals surface area contributed by atoms with Gasteiger partial charge < -0.3 is 19.8 Å². The highest BCUT2D eigenvalue weighted by atomic mass is 19.1. The van der Waals surface area contributed by atoms with Gasteiger partial charge in [0.05, 0.1) is 19.3 Å². The molecular formula is C13H14FNO5. The Morgan fingerprint density at radius 1 is 1.40 bits per heavy atom. The van der Waals surface area contributed by atoms with Crippen molar-refractivity contribution in [2.75, 3.05) is 20.3 Å². The lowest BCUT2D eigenvalue weighted by Crippen LogP contribution is -2.44. The Balaban J connectivity index is 2.27. The number of phenolic OH excluding ortho intramolecular Hbond substituents is 1. The summed E-state index contributed by atoms with van der Waals surface area (Å²) >= 11 is 0. The molecule has 2 rings (SSSR count). The second-order valence-electron chi connectivity index (χ2n) is 4.60. The van der Waals surface area contributed by atoms with E-state index in [1.54, 1.807) is 0 Å². The standard InChI is InChI=1S/C13H14FNO5/c1-15(9-6-20-5-7(9)13(18)19)12(17)11-8(14)3-2-4-10(11)16/h2-4,7,9,16H,5-6H2,1H3,(H,18,19). The van der Waals surface area contributed by atoms with Gasteiger partial charge in [-0.05, 0) is 12.1 Å². The molecular weight excluding hydrogens is 269 g/mol. The molecule has 108 valence electrons. The maximum atomic E-state index is 13.6. The molecule has 0 saturated carbocycles. The normalized spacial score (nSPS) is 21.7. The number of ether oxygens (including phenoxy) is 1. The number of carbonyl (C=O) groups is 2. The first-order chi connectivity index (χ1) is 9.43. The zero-order valence-electron chi connectivity index (χ0n) is 10.7. The number of likely N-dealkylation sites (N-methyl/N-ethyl adjacent to an activating group) is 1. The van der Waals surface area contributed by atoms with Crippen molar-refractivity contribution >= 4 is 11.9 Å². The van der Waals surface area contributed by atoms with Crippen LogP contribution >= 0.6 is 0 Å². The lowest BCUT2D eigenvalue weighted by atomic mass is 10.0. The molecule has 0 aliphatic carbocycles. The number of carbonyl (C=O) groups excluding carboxylic acids is 1. The number of halogens is 1. The van der Waals surface area contributed by atoms with Gasteiger partial charge in [0, 0.05) is 7.05 Å². The van der Waals surface area contributed by atoms with Crippen molar-refractivity contribution in [1.82, 2.24) is 4.90 Å². The Bertz CT molecular complexity index is 527. The smallest absolute Gasteiger partial charge is 0.311 e. The summed E-state index contributed by atoms with van der Waals surface area (Å²) in [5, 5.41) is 18.6. The lowest BCUT2D eigenvalue weighted by Gasteiger charge is -2.26. The number of aliphatic carboxylic acids is 1. The number of hydrogen-bond donors (Lipinski definition) is 2. The van der Waals surface area contributed by atoms with Crippen molar-refractivity contribution in [3.63, 3.8) is 0 Å². The van der Waals surface area contributed by atoms with Crippen LogP contribution in [0.1, 0.15) is 10.4 Å². The van der Waals surface area contributed by atoms with E-state index < -0.39 is 41.0 Å². The first-order valence-corrected chi connectivity index (χ1v) is 5.98. The first-order valence-electron chi connectivity index (χ1n) is 5.98. The Kier molecular flexibility index (Phi) is 3.89. The molecule has 1 aliphatic heterocycles. The molecule has 2 atom stereocenters. The largest absolute Gasteiger partial charge is 0.507 e. The lowest BCUT2D eigenvalue weighted by molar-refractivity contribution is -0.142. The molecule has 0 radical (unpaired) electrons. The average molecular weight is 283 g/mol. The molecule has 0 spiro atoms. The summed E-state index contributed by atoms with van der Waals surface area (Å²) in [6.45, 7) is 0.0648. The molecule has 0 bridgehead atoms. The second-order valence-corrected chi connectivity index (χ2v) is 4.60. The van der Waals surface area contributed by atoms with Crippen LogP contribution in [-0.2, 0) is 9.53 Å². The number of carboxylic acids is 1. The zero-order valence-corrected chi connectivity index (χ0v) is 10.7.